The fraction of sp³-hybridized carbons (Fsp3) is 0.571. The van der Waals surface area contributed by atoms with Gasteiger partial charge in [0.15, 0.2) is 0 Å². The Kier molecular flexibility index (Phi) is 2.14. The lowest BCUT2D eigenvalue weighted by Crippen LogP contribution is -1.90. The van der Waals surface area contributed by atoms with Crippen LogP contribution in [0.25, 0.3) is 0 Å². The number of halogens is 1. The van der Waals surface area contributed by atoms with Crippen LogP contribution in [0.5, 0.6) is 0 Å². The molecule has 56 valence electrons. The lowest BCUT2D eigenvalue weighted by molar-refractivity contribution is 0.744. The normalized spacial score (nSPS) is 10.9. The van der Waals surface area contributed by atoms with E-state index in [1.807, 2.05) is 17.9 Å². The van der Waals surface area contributed by atoms with E-state index >= 15 is 0 Å². The maximum Gasteiger partial charge on any atom is 0.107 e. The van der Waals surface area contributed by atoms with Gasteiger partial charge in [-0.25, -0.2) is 0 Å². The molecule has 0 saturated carbocycles. The molecule has 0 unspecified atom stereocenters. The second kappa shape index (κ2) is 2.74. The van der Waals surface area contributed by atoms with Gasteiger partial charge in [-0.2, -0.15) is 5.10 Å². The largest absolute Gasteiger partial charge is 0.261 e. The fourth-order valence-electron chi connectivity index (χ4n) is 0.827. The van der Waals surface area contributed by atoms with E-state index in [-0.39, 0.29) is 0 Å². The molecule has 0 amide bonds. The molecule has 2 nitrogen and oxygen atoms in total. The molecule has 0 saturated heterocycles. The summed E-state index contributed by atoms with van der Waals surface area (Å²) in [5, 5.41) is 4.11. The fourth-order valence-corrected chi connectivity index (χ4v) is 1.48. The van der Waals surface area contributed by atoms with E-state index in [1.165, 1.54) is 5.56 Å². The van der Waals surface area contributed by atoms with Crippen molar-refractivity contribution in [2.24, 2.45) is 7.05 Å². The number of aromatic nitrogens is 2. The van der Waals surface area contributed by atoms with E-state index in [1.54, 1.807) is 0 Å². The molecule has 1 rings (SSSR count). The van der Waals surface area contributed by atoms with E-state index < -0.39 is 0 Å². The Morgan fingerprint density at radius 3 is 2.40 bits per heavy atom. The van der Waals surface area contributed by atoms with E-state index in [2.05, 4.69) is 34.9 Å². The summed E-state index contributed by atoms with van der Waals surface area (Å²) >= 11 is 3.45. The maximum absolute atomic E-state index is 4.11. The summed E-state index contributed by atoms with van der Waals surface area (Å²) in [5.41, 5.74) is 1.27. The van der Waals surface area contributed by atoms with Crippen LogP contribution in [-0.2, 0) is 7.05 Å². The number of rotatable bonds is 1. The van der Waals surface area contributed by atoms with Gasteiger partial charge in [-0.3, -0.25) is 4.68 Å². The van der Waals surface area contributed by atoms with Crippen LogP contribution in [0.1, 0.15) is 25.3 Å². The summed E-state index contributed by atoms with van der Waals surface area (Å²) in [4.78, 5) is 0. The minimum absolute atomic E-state index is 0.545. The highest BCUT2D eigenvalue weighted by Gasteiger charge is 2.07. The van der Waals surface area contributed by atoms with Crippen LogP contribution in [0.4, 0.5) is 0 Å². The van der Waals surface area contributed by atoms with Gasteiger partial charge in [0.2, 0.25) is 0 Å². The number of hydrogen-bond donors (Lipinski definition) is 0. The van der Waals surface area contributed by atoms with Crippen LogP contribution < -0.4 is 0 Å². The van der Waals surface area contributed by atoms with Crippen molar-refractivity contribution in [1.29, 1.82) is 0 Å². The molecule has 0 aliphatic heterocycles. The third kappa shape index (κ3) is 1.24. The van der Waals surface area contributed by atoms with Crippen molar-refractivity contribution in [1.82, 2.24) is 9.78 Å². The zero-order valence-corrected chi connectivity index (χ0v) is 8.01. The molecule has 0 fully saturated rings. The molecule has 3 heteroatoms. The summed E-state index contributed by atoms with van der Waals surface area (Å²) in [6.07, 6.45) is 1.90. The van der Waals surface area contributed by atoms with Crippen molar-refractivity contribution in [2.45, 2.75) is 19.8 Å². The van der Waals surface area contributed by atoms with E-state index in [9.17, 15) is 0 Å². The van der Waals surface area contributed by atoms with Crippen LogP contribution in [-0.4, -0.2) is 9.78 Å². The Labute approximate surface area is 69.4 Å². The Morgan fingerprint density at radius 1 is 1.60 bits per heavy atom. The summed E-state index contributed by atoms with van der Waals surface area (Å²) in [7, 11) is 1.93. The Balaban J connectivity index is 3.05. The highest BCUT2D eigenvalue weighted by Crippen LogP contribution is 2.22. The molecule has 0 N–H and O–H groups in total. The van der Waals surface area contributed by atoms with Crippen LogP contribution in [0, 0.1) is 0 Å². The average Bonchev–Trinajstić information content (AvgIpc) is 2.14. The molecular formula is C7H11BrN2. The summed E-state index contributed by atoms with van der Waals surface area (Å²) in [6.45, 7) is 4.31. The number of hydrogen-bond acceptors (Lipinski definition) is 1. The summed E-state index contributed by atoms with van der Waals surface area (Å²) < 4.78 is 2.91. The van der Waals surface area contributed by atoms with Gasteiger partial charge < -0.3 is 0 Å². The van der Waals surface area contributed by atoms with Crippen molar-refractivity contribution in [2.75, 3.05) is 0 Å². The highest BCUT2D eigenvalue weighted by molar-refractivity contribution is 9.10. The molecule has 0 aliphatic carbocycles. The van der Waals surface area contributed by atoms with Crippen LogP contribution >= 0.6 is 15.9 Å². The van der Waals surface area contributed by atoms with E-state index in [0.29, 0.717) is 5.92 Å². The van der Waals surface area contributed by atoms with Crippen LogP contribution in [0.3, 0.4) is 0 Å². The Hall–Kier alpha value is -0.310. The van der Waals surface area contributed by atoms with E-state index in [4.69, 9.17) is 0 Å². The molecule has 1 aromatic heterocycles. The van der Waals surface area contributed by atoms with Crippen molar-refractivity contribution >= 4 is 15.9 Å². The highest BCUT2D eigenvalue weighted by atomic mass is 79.9. The molecule has 0 bridgehead atoms. The van der Waals surface area contributed by atoms with Gasteiger partial charge >= 0.3 is 0 Å². The molecule has 0 aliphatic rings. The van der Waals surface area contributed by atoms with Crippen LogP contribution in [0.15, 0.2) is 10.8 Å². The molecule has 0 spiro atoms. The zero-order valence-electron chi connectivity index (χ0n) is 6.43. The lowest BCUT2D eigenvalue weighted by atomic mass is 10.1. The first-order valence-corrected chi connectivity index (χ1v) is 4.09. The van der Waals surface area contributed by atoms with Gasteiger partial charge in [0.25, 0.3) is 0 Å². The predicted molar refractivity (Wildman–Crippen MR) is 45.0 cm³/mol. The van der Waals surface area contributed by atoms with E-state index in [0.717, 1.165) is 4.60 Å². The maximum atomic E-state index is 4.11. The lowest BCUT2D eigenvalue weighted by Gasteiger charge is -2.00. The van der Waals surface area contributed by atoms with Gasteiger partial charge in [-0.1, -0.05) is 13.8 Å². The quantitative estimate of drug-likeness (QED) is 0.684. The molecule has 0 atom stereocenters. The minimum Gasteiger partial charge on any atom is -0.261 e. The third-order valence-electron chi connectivity index (χ3n) is 1.51. The van der Waals surface area contributed by atoms with Gasteiger partial charge in [0.1, 0.15) is 4.60 Å². The number of aryl methyl sites for hydroxylation is 1. The van der Waals surface area contributed by atoms with Crippen molar-refractivity contribution in [3.8, 4) is 0 Å². The summed E-state index contributed by atoms with van der Waals surface area (Å²) in [6, 6.07) is 0. The molecule has 0 radical (unpaired) electrons. The van der Waals surface area contributed by atoms with Gasteiger partial charge in [0.05, 0.1) is 6.20 Å². The monoisotopic (exact) mass is 202 g/mol. The SMILES string of the molecule is CC(C)c1cnn(C)c1Br. The van der Waals surface area contributed by atoms with Gasteiger partial charge in [-0.15, -0.1) is 0 Å². The smallest absolute Gasteiger partial charge is 0.107 e. The standard InChI is InChI=1S/C7H11BrN2/c1-5(2)6-4-9-10(3)7(6)8/h4-5H,1-3H3. The van der Waals surface area contributed by atoms with Gasteiger partial charge in [0, 0.05) is 12.6 Å². The van der Waals surface area contributed by atoms with Crippen molar-refractivity contribution in [3.63, 3.8) is 0 Å². The first-order valence-electron chi connectivity index (χ1n) is 3.30. The topological polar surface area (TPSA) is 17.8 Å². The van der Waals surface area contributed by atoms with Crippen molar-refractivity contribution in [3.05, 3.63) is 16.4 Å². The minimum atomic E-state index is 0.545. The molecular weight excluding hydrogens is 192 g/mol. The van der Waals surface area contributed by atoms with Crippen molar-refractivity contribution < 1.29 is 0 Å². The molecule has 1 heterocycles. The molecule has 1 aromatic rings. The molecule has 0 aromatic carbocycles. The Bertz CT molecular complexity index is 228. The first-order chi connectivity index (χ1) is 4.63. The first kappa shape index (κ1) is 7.79. The molecule has 10 heavy (non-hydrogen) atoms. The average molecular weight is 203 g/mol. The second-order valence-corrected chi connectivity index (χ2v) is 3.42. The van der Waals surface area contributed by atoms with Gasteiger partial charge in [-0.05, 0) is 21.8 Å². The summed E-state index contributed by atoms with van der Waals surface area (Å²) in [5.74, 6) is 0.545. The van der Waals surface area contributed by atoms with Crippen LogP contribution in [0.2, 0.25) is 0 Å². The second-order valence-electron chi connectivity index (χ2n) is 2.67. The number of nitrogens with zero attached hydrogens (tertiary/aromatic N) is 2. The third-order valence-corrected chi connectivity index (χ3v) is 2.49. The Morgan fingerprint density at radius 2 is 2.20 bits per heavy atom. The predicted octanol–water partition coefficient (Wildman–Crippen LogP) is 2.31. The zero-order chi connectivity index (χ0) is 7.72.